The normalized spacial score (nSPS) is 11.4. The number of hydrogen-bond donors (Lipinski definition) is 1. The molecule has 2 aromatic rings. The van der Waals surface area contributed by atoms with Crippen LogP contribution in [0.15, 0.2) is 53.4 Å². The number of rotatable bonds is 9. The summed E-state index contributed by atoms with van der Waals surface area (Å²) >= 11 is 0. The number of hydrogen-bond acceptors (Lipinski definition) is 6. The summed E-state index contributed by atoms with van der Waals surface area (Å²) in [5.74, 6) is -0.306. The smallest absolute Gasteiger partial charge is 0.292 e. The second kappa shape index (κ2) is 8.74. The van der Waals surface area contributed by atoms with Crippen molar-refractivity contribution in [2.24, 2.45) is 0 Å². The maximum Gasteiger partial charge on any atom is 0.292 e. The van der Waals surface area contributed by atoms with Crippen molar-refractivity contribution in [2.75, 3.05) is 25.0 Å². The van der Waals surface area contributed by atoms with Gasteiger partial charge in [-0.15, -0.1) is 0 Å². The number of para-hydroxylation sites is 2. The molecule has 0 bridgehead atoms. The fourth-order valence-corrected chi connectivity index (χ4v) is 4.04. The monoisotopic (exact) mass is 391 g/mol. The van der Waals surface area contributed by atoms with Crippen LogP contribution in [0.4, 0.5) is 11.4 Å². The zero-order valence-corrected chi connectivity index (χ0v) is 15.9. The third-order valence-electron chi connectivity index (χ3n) is 4.06. The van der Waals surface area contributed by atoms with Gasteiger partial charge < -0.3 is 5.32 Å². The van der Waals surface area contributed by atoms with Crippen molar-refractivity contribution in [3.05, 3.63) is 64.2 Å². The molecule has 2 aromatic carbocycles. The van der Waals surface area contributed by atoms with Gasteiger partial charge in [0.1, 0.15) is 5.69 Å². The highest BCUT2D eigenvalue weighted by Crippen LogP contribution is 2.23. The Morgan fingerprint density at radius 1 is 1.07 bits per heavy atom. The molecule has 2 rings (SSSR count). The molecule has 9 heteroatoms. The van der Waals surface area contributed by atoms with E-state index in [2.05, 4.69) is 5.32 Å². The van der Waals surface area contributed by atoms with Crippen LogP contribution in [0.3, 0.4) is 0 Å². The highest BCUT2D eigenvalue weighted by molar-refractivity contribution is 7.89. The average Bonchev–Trinajstić information content (AvgIpc) is 2.67. The molecule has 0 radical (unpaired) electrons. The quantitative estimate of drug-likeness (QED) is 0.400. The Hall–Kier alpha value is -2.78. The standard InChI is InChI=1S/C18H21N3O5S/c1-3-20(4-2)27(25,26)15-11-9-14(10-12-15)18(22)13-19-16-7-5-6-8-17(16)21(23)24/h5-12,19H,3-4,13H2,1-2H3. The predicted octanol–water partition coefficient (Wildman–Crippen LogP) is 2.92. The van der Waals surface area contributed by atoms with Crippen LogP contribution in [0.2, 0.25) is 0 Å². The molecule has 8 nitrogen and oxygen atoms in total. The van der Waals surface area contributed by atoms with Crippen LogP contribution < -0.4 is 5.32 Å². The molecule has 0 heterocycles. The van der Waals surface area contributed by atoms with E-state index >= 15 is 0 Å². The van der Waals surface area contributed by atoms with E-state index in [1.807, 2.05) is 0 Å². The third kappa shape index (κ3) is 4.69. The van der Waals surface area contributed by atoms with Gasteiger partial charge in [0, 0.05) is 24.7 Å². The van der Waals surface area contributed by atoms with Gasteiger partial charge in [0.15, 0.2) is 5.78 Å². The summed E-state index contributed by atoms with van der Waals surface area (Å²) < 4.78 is 26.2. The Morgan fingerprint density at radius 2 is 1.67 bits per heavy atom. The highest BCUT2D eigenvalue weighted by Gasteiger charge is 2.21. The lowest BCUT2D eigenvalue weighted by atomic mass is 10.1. The third-order valence-corrected chi connectivity index (χ3v) is 6.12. The van der Waals surface area contributed by atoms with Crippen molar-refractivity contribution in [1.82, 2.24) is 4.31 Å². The molecular weight excluding hydrogens is 370 g/mol. The van der Waals surface area contributed by atoms with E-state index in [-0.39, 0.29) is 28.6 Å². The minimum absolute atomic E-state index is 0.119. The van der Waals surface area contributed by atoms with Gasteiger partial charge in [-0.2, -0.15) is 4.31 Å². The molecule has 0 saturated carbocycles. The topological polar surface area (TPSA) is 110 Å². The van der Waals surface area contributed by atoms with Crippen LogP contribution in [-0.4, -0.2) is 43.1 Å². The molecule has 0 spiro atoms. The molecule has 0 unspecified atom stereocenters. The molecule has 144 valence electrons. The molecule has 27 heavy (non-hydrogen) atoms. The lowest BCUT2D eigenvalue weighted by Gasteiger charge is -2.18. The van der Waals surface area contributed by atoms with Gasteiger partial charge in [0.2, 0.25) is 10.0 Å². The van der Waals surface area contributed by atoms with Gasteiger partial charge in [-0.3, -0.25) is 14.9 Å². The van der Waals surface area contributed by atoms with Crippen LogP contribution in [-0.2, 0) is 10.0 Å². The largest absolute Gasteiger partial charge is 0.372 e. The number of sulfonamides is 1. The van der Waals surface area contributed by atoms with Gasteiger partial charge in [-0.25, -0.2) is 8.42 Å². The first kappa shape index (κ1) is 20.5. The van der Waals surface area contributed by atoms with Crippen LogP contribution >= 0.6 is 0 Å². The fourth-order valence-electron chi connectivity index (χ4n) is 2.59. The van der Waals surface area contributed by atoms with E-state index in [0.29, 0.717) is 18.7 Å². The number of carbonyl (C=O) groups excluding carboxylic acids is 1. The molecular formula is C18H21N3O5S. The van der Waals surface area contributed by atoms with Crippen molar-refractivity contribution in [2.45, 2.75) is 18.7 Å². The first-order valence-corrected chi connectivity index (χ1v) is 9.86. The SMILES string of the molecule is CCN(CC)S(=O)(=O)c1ccc(C(=O)CNc2ccccc2[N+](=O)[O-])cc1. The van der Waals surface area contributed by atoms with Gasteiger partial charge in [-0.1, -0.05) is 26.0 Å². The van der Waals surface area contributed by atoms with Crippen LogP contribution in [0.1, 0.15) is 24.2 Å². The van der Waals surface area contributed by atoms with Crippen LogP contribution in [0.5, 0.6) is 0 Å². The second-order valence-corrected chi connectivity index (χ2v) is 7.60. The zero-order valence-electron chi connectivity index (χ0n) is 15.1. The molecule has 0 aromatic heterocycles. The molecule has 0 aliphatic heterocycles. The Morgan fingerprint density at radius 3 is 2.22 bits per heavy atom. The lowest BCUT2D eigenvalue weighted by molar-refractivity contribution is -0.383. The number of carbonyl (C=O) groups is 1. The Balaban J connectivity index is 2.12. The Labute approximate surface area is 158 Å². The van der Waals surface area contributed by atoms with E-state index in [1.54, 1.807) is 26.0 Å². The van der Waals surface area contributed by atoms with Crippen molar-refractivity contribution < 1.29 is 18.1 Å². The summed E-state index contributed by atoms with van der Waals surface area (Å²) in [4.78, 5) is 22.9. The summed E-state index contributed by atoms with van der Waals surface area (Å²) in [6.45, 7) is 4.09. The number of nitrogens with one attached hydrogen (secondary N) is 1. The minimum Gasteiger partial charge on any atom is -0.372 e. The molecule has 0 amide bonds. The van der Waals surface area contributed by atoms with Crippen molar-refractivity contribution in [3.63, 3.8) is 0 Å². The Bertz CT molecular complexity index is 922. The second-order valence-electron chi connectivity index (χ2n) is 5.66. The van der Waals surface area contributed by atoms with Gasteiger partial charge in [-0.05, 0) is 30.3 Å². The minimum atomic E-state index is -3.58. The molecule has 0 fully saturated rings. The number of nitrogens with zero attached hydrogens (tertiary/aromatic N) is 2. The van der Waals surface area contributed by atoms with Crippen molar-refractivity contribution >= 4 is 27.2 Å². The van der Waals surface area contributed by atoms with E-state index in [1.165, 1.54) is 40.7 Å². The van der Waals surface area contributed by atoms with Gasteiger partial charge >= 0.3 is 0 Å². The van der Waals surface area contributed by atoms with Crippen LogP contribution in [0.25, 0.3) is 0 Å². The van der Waals surface area contributed by atoms with E-state index in [9.17, 15) is 23.3 Å². The lowest BCUT2D eigenvalue weighted by Crippen LogP contribution is -2.30. The molecule has 0 atom stereocenters. The summed E-state index contributed by atoms with van der Waals surface area (Å²) in [7, 11) is -3.58. The van der Waals surface area contributed by atoms with E-state index < -0.39 is 14.9 Å². The molecule has 1 N–H and O–H groups in total. The zero-order chi connectivity index (χ0) is 20.0. The fraction of sp³-hybridized carbons (Fsp3) is 0.278. The van der Waals surface area contributed by atoms with Crippen molar-refractivity contribution in [1.29, 1.82) is 0 Å². The summed E-state index contributed by atoms with van der Waals surface area (Å²) in [6, 6.07) is 11.7. The molecule has 0 aliphatic carbocycles. The number of ketones is 1. The number of Topliss-reactive ketones (excluding diaryl/α,β-unsaturated/α-hetero) is 1. The summed E-state index contributed by atoms with van der Waals surface area (Å²) in [5.41, 5.74) is 0.446. The van der Waals surface area contributed by atoms with Gasteiger partial charge in [0.05, 0.1) is 16.4 Å². The first-order chi connectivity index (χ1) is 12.8. The summed E-state index contributed by atoms with van der Waals surface area (Å²) in [5, 5.41) is 13.7. The number of anilines is 1. The van der Waals surface area contributed by atoms with E-state index in [4.69, 9.17) is 0 Å². The van der Waals surface area contributed by atoms with Crippen LogP contribution in [0, 0.1) is 10.1 Å². The number of nitro benzene ring substituents is 1. The number of benzene rings is 2. The van der Waals surface area contributed by atoms with Gasteiger partial charge in [0.25, 0.3) is 5.69 Å². The molecule has 0 saturated heterocycles. The Kier molecular flexibility index (Phi) is 6.65. The number of nitro groups is 1. The average molecular weight is 391 g/mol. The van der Waals surface area contributed by atoms with Crippen molar-refractivity contribution in [3.8, 4) is 0 Å². The maximum atomic E-state index is 12.5. The summed E-state index contributed by atoms with van der Waals surface area (Å²) in [6.07, 6.45) is 0. The highest BCUT2D eigenvalue weighted by atomic mass is 32.2. The first-order valence-electron chi connectivity index (χ1n) is 8.42. The van der Waals surface area contributed by atoms with E-state index in [0.717, 1.165) is 0 Å². The predicted molar refractivity (Wildman–Crippen MR) is 102 cm³/mol. The molecule has 0 aliphatic rings. The maximum absolute atomic E-state index is 12.5.